The lowest BCUT2D eigenvalue weighted by atomic mass is 10.4. The third-order valence-electron chi connectivity index (χ3n) is 1.38. The second-order valence-electron chi connectivity index (χ2n) is 3.64. The molecule has 0 N–H and O–H groups in total. The predicted octanol–water partition coefficient (Wildman–Crippen LogP) is 2.55. The maximum atomic E-state index is 5.44. The Bertz CT molecular complexity index is 150. The third-order valence-corrected chi connectivity index (χ3v) is 3.43. The van der Waals surface area contributed by atoms with Crippen molar-refractivity contribution in [2.24, 2.45) is 0 Å². The molecule has 0 aromatic carbocycles. The Morgan fingerprint density at radius 3 is 2.45 bits per heavy atom. The molecule has 0 saturated carbocycles. The van der Waals surface area contributed by atoms with Gasteiger partial charge in [-0.05, 0) is 6.92 Å². The van der Waals surface area contributed by atoms with E-state index in [4.69, 9.17) is 4.74 Å². The molecule has 0 aliphatic carbocycles. The van der Waals surface area contributed by atoms with E-state index in [1.165, 1.54) is 0 Å². The van der Waals surface area contributed by atoms with Crippen molar-refractivity contribution in [1.29, 1.82) is 0 Å². The molecule has 0 aromatic heterocycles. The van der Waals surface area contributed by atoms with Gasteiger partial charge in [-0.3, -0.25) is 0 Å². The van der Waals surface area contributed by atoms with E-state index in [0.717, 1.165) is 11.8 Å². The summed E-state index contributed by atoms with van der Waals surface area (Å²) in [5.74, 6) is 0. The first kappa shape index (κ1) is 10.7. The smallest absolute Gasteiger partial charge is 0.100 e. The SMILES string of the molecule is C=C[Si](C)(C)COCC(=C)C. The van der Waals surface area contributed by atoms with Crippen LogP contribution in [0.15, 0.2) is 24.4 Å². The molecule has 0 radical (unpaired) electrons. The molecular formula is C9H18OSi. The Morgan fingerprint density at radius 2 is 2.09 bits per heavy atom. The Balaban J connectivity index is 3.53. The minimum absolute atomic E-state index is 0.685. The number of rotatable bonds is 5. The van der Waals surface area contributed by atoms with Crippen LogP contribution in [0.1, 0.15) is 6.92 Å². The zero-order valence-electron chi connectivity index (χ0n) is 7.81. The molecule has 0 aliphatic heterocycles. The lowest BCUT2D eigenvalue weighted by Crippen LogP contribution is -2.30. The number of hydrogen-bond donors (Lipinski definition) is 0. The Hall–Kier alpha value is -0.343. The van der Waals surface area contributed by atoms with E-state index < -0.39 is 8.07 Å². The zero-order valence-corrected chi connectivity index (χ0v) is 8.81. The summed E-state index contributed by atoms with van der Waals surface area (Å²) in [6, 6.07) is 0. The standard InChI is InChI=1S/C9H18OSi/c1-6-11(4,5)8-10-7-9(2)3/h6H,1-2,7-8H2,3-5H3. The summed E-state index contributed by atoms with van der Waals surface area (Å²) in [7, 11) is -1.24. The second-order valence-corrected chi connectivity index (χ2v) is 8.32. The van der Waals surface area contributed by atoms with Gasteiger partial charge < -0.3 is 4.74 Å². The monoisotopic (exact) mass is 170 g/mol. The predicted molar refractivity (Wildman–Crippen MR) is 53.3 cm³/mol. The van der Waals surface area contributed by atoms with Gasteiger partial charge in [0.05, 0.1) is 6.61 Å². The van der Waals surface area contributed by atoms with E-state index in [1.807, 2.05) is 12.6 Å². The molecule has 0 rings (SSSR count). The quantitative estimate of drug-likeness (QED) is 0.455. The molecule has 2 heteroatoms. The van der Waals surface area contributed by atoms with Gasteiger partial charge in [0.2, 0.25) is 0 Å². The zero-order chi connectivity index (χ0) is 8.91. The largest absolute Gasteiger partial charge is 0.380 e. The van der Waals surface area contributed by atoms with Gasteiger partial charge in [-0.1, -0.05) is 30.9 Å². The van der Waals surface area contributed by atoms with Crippen LogP contribution in [0.3, 0.4) is 0 Å². The van der Waals surface area contributed by atoms with Crippen molar-refractivity contribution >= 4 is 8.07 Å². The summed E-state index contributed by atoms with van der Waals surface area (Å²) in [6.07, 6.45) is 0.851. The highest BCUT2D eigenvalue weighted by atomic mass is 28.3. The third kappa shape index (κ3) is 6.07. The van der Waals surface area contributed by atoms with Crippen LogP contribution in [0.25, 0.3) is 0 Å². The lowest BCUT2D eigenvalue weighted by Gasteiger charge is -2.16. The van der Waals surface area contributed by atoms with Crippen LogP contribution in [0.2, 0.25) is 13.1 Å². The van der Waals surface area contributed by atoms with Crippen molar-refractivity contribution in [3.05, 3.63) is 24.4 Å². The van der Waals surface area contributed by atoms with Crippen LogP contribution in [-0.2, 0) is 4.74 Å². The molecule has 0 aromatic rings. The summed E-state index contributed by atoms with van der Waals surface area (Å²) in [6.45, 7) is 14.7. The number of hydrogen-bond acceptors (Lipinski definition) is 1. The van der Waals surface area contributed by atoms with Gasteiger partial charge in [0.25, 0.3) is 0 Å². The topological polar surface area (TPSA) is 9.23 Å². The van der Waals surface area contributed by atoms with Crippen molar-refractivity contribution in [3.8, 4) is 0 Å². The average molecular weight is 170 g/mol. The van der Waals surface area contributed by atoms with Gasteiger partial charge >= 0.3 is 0 Å². The summed E-state index contributed by atoms with van der Waals surface area (Å²) in [5, 5.41) is 0. The maximum absolute atomic E-state index is 5.44. The summed E-state index contributed by atoms with van der Waals surface area (Å²) in [4.78, 5) is 0. The first-order chi connectivity index (χ1) is 4.98. The van der Waals surface area contributed by atoms with E-state index in [9.17, 15) is 0 Å². The van der Waals surface area contributed by atoms with Gasteiger partial charge in [0.15, 0.2) is 0 Å². The van der Waals surface area contributed by atoms with Crippen molar-refractivity contribution in [2.45, 2.75) is 20.0 Å². The fraction of sp³-hybridized carbons (Fsp3) is 0.556. The molecule has 64 valence electrons. The van der Waals surface area contributed by atoms with Gasteiger partial charge in [-0.15, -0.1) is 6.58 Å². The molecule has 0 amide bonds. The van der Waals surface area contributed by atoms with Gasteiger partial charge in [0.1, 0.15) is 8.07 Å². The summed E-state index contributed by atoms with van der Waals surface area (Å²) in [5.41, 5.74) is 3.13. The minimum Gasteiger partial charge on any atom is -0.380 e. The van der Waals surface area contributed by atoms with E-state index in [-0.39, 0.29) is 0 Å². The number of ether oxygens (including phenoxy) is 1. The van der Waals surface area contributed by atoms with Crippen LogP contribution in [-0.4, -0.2) is 20.9 Å². The van der Waals surface area contributed by atoms with E-state index in [2.05, 4.69) is 26.3 Å². The van der Waals surface area contributed by atoms with Gasteiger partial charge in [-0.2, -0.15) is 0 Å². The molecule has 11 heavy (non-hydrogen) atoms. The normalized spacial score (nSPS) is 11.2. The fourth-order valence-electron chi connectivity index (χ4n) is 0.547. The van der Waals surface area contributed by atoms with Crippen molar-refractivity contribution < 1.29 is 4.74 Å². The Morgan fingerprint density at radius 1 is 1.55 bits per heavy atom. The first-order valence-electron chi connectivity index (χ1n) is 3.83. The summed E-state index contributed by atoms with van der Waals surface area (Å²) >= 11 is 0. The first-order valence-corrected chi connectivity index (χ1v) is 7.12. The lowest BCUT2D eigenvalue weighted by molar-refractivity contribution is 0.199. The highest BCUT2D eigenvalue weighted by Crippen LogP contribution is 2.03. The Labute approximate surface area is 70.8 Å². The minimum atomic E-state index is -1.24. The van der Waals surface area contributed by atoms with E-state index >= 15 is 0 Å². The van der Waals surface area contributed by atoms with Crippen molar-refractivity contribution in [2.75, 3.05) is 12.8 Å². The van der Waals surface area contributed by atoms with Gasteiger partial charge in [0, 0.05) is 6.23 Å². The molecule has 0 saturated heterocycles. The molecule has 0 spiro atoms. The van der Waals surface area contributed by atoms with Crippen molar-refractivity contribution in [1.82, 2.24) is 0 Å². The van der Waals surface area contributed by atoms with E-state index in [1.54, 1.807) is 0 Å². The van der Waals surface area contributed by atoms with Crippen molar-refractivity contribution in [3.63, 3.8) is 0 Å². The van der Waals surface area contributed by atoms with Crippen LogP contribution in [0, 0.1) is 0 Å². The second kappa shape index (κ2) is 4.52. The fourth-order valence-corrected chi connectivity index (χ4v) is 1.29. The molecule has 0 heterocycles. The molecule has 0 atom stereocenters. The molecule has 0 aliphatic rings. The molecular weight excluding hydrogens is 152 g/mol. The van der Waals surface area contributed by atoms with Crippen LogP contribution in [0.5, 0.6) is 0 Å². The average Bonchev–Trinajstić information content (AvgIpc) is 1.87. The maximum Gasteiger partial charge on any atom is 0.100 e. The van der Waals surface area contributed by atoms with Crippen LogP contribution in [0.4, 0.5) is 0 Å². The molecule has 0 unspecified atom stereocenters. The van der Waals surface area contributed by atoms with Crippen LogP contribution < -0.4 is 0 Å². The molecule has 0 bridgehead atoms. The summed E-state index contributed by atoms with van der Waals surface area (Å²) < 4.78 is 5.44. The Kier molecular flexibility index (Phi) is 4.38. The highest BCUT2D eigenvalue weighted by molar-refractivity contribution is 6.82. The molecule has 0 fully saturated rings. The molecule has 1 nitrogen and oxygen atoms in total. The van der Waals surface area contributed by atoms with E-state index in [0.29, 0.717) is 6.61 Å². The van der Waals surface area contributed by atoms with Crippen LogP contribution >= 0.6 is 0 Å². The van der Waals surface area contributed by atoms with Gasteiger partial charge in [-0.25, -0.2) is 0 Å². The highest BCUT2D eigenvalue weighted by Gasteiger charge is 2.15.